The van der Waals surface area contributed by atoms with Crippen molar-refractivity contribution in [2.45, 2.75) is 6.42 Å². The van der Waals surface area contributed by atoms with Gasteiger partial charge in [-0.1, -0.05) is 0 Å². The van der Waals surface area contributed by atoms with Gasteiger partial charge in [0.1, 0.15) is 6.33 Å². The molecule has 2 aromatic rings. The highest BCUT2D eigenvalue weighted by Gasteiger charge is 2.22. The molecule has 1 aliphatic heterocycles. The zero-order valence-electron chi connectivity index (χ0n) is 15.1. The first-order valence-corrected chi connectivity index (χ1v) is 10.4. The molecule has 1 aromatic carbocycles. The zero-order chi connectivity index (χ0) is 18.6. The van der Waals surface area contributed by atoms with Crippen molar-refractivity contribution in [1.82, 2.24) is 19.2 Å². The maximum atomic E-state index is 11.5. The van der Waals surface area contributed by atoms with Crippen molar-refractivity contribution in [1.29, 1.82) is 0 Å². The summed E-state index contributed by atoms with van der Waals surface area (Å²) in [6.45, 7) is 4.04. The molecule has 1 aliphatic rings. The van der Waals surface area contributed by atoms with Gasteiger partial charge in [0.05, 0.1) is 25.5 Å². The molecule has 1 fully saturated rings. The number of ether oxygens (including phenoxy) is 2. The highest BCUT2D eigenvalue weighted by Crippen LogP contribution is 2.31. The molecule has 0 spiro atoms. The first-order chi connectivity index (χ1) is 12.5. The topological polar surface area (TPSA) is 84.9 Å². The average molecular weight is 380 g/mol. The number of rotatable bonds is 7. The molecule has 3 rings (SSSR count). The lowest BCUT2D eigenvalue weighted by Gasteiger charge is -2.33. The Morgan fingerprint density at radius 3 is 2.62 bits per heavy atom. The van der Waals surface area contributed by atoms with E-state index in [4.69, 9.17) is 9.47 Å². The number of hydrogen-bond acceptors (Lipinski definition) is 7. The molecule has 8 nitrogen and oxygen atoms in total. The molecule has 1 aromatic heterocycles. The van der Waals surface area contributed by atoms with Gasteiger partial charge in [0.15, 0.2) is 11.5 Å². The van der Waals surface area contributed by atoms with Crippen molar-refractivity contribution in [3.63, 3.8) is 0 Å². The van der Waals surface area contributed by atoms with Crippen LogP contribution in [0, 0.1) is 0 Å². The number of sulfonamides is 1. The van der Waals surface area contributed by atoms with Gasteiger partial charge in [0.25, 0.3) is 0 Å². The Kier molecular flexibility index (Phi) is 5.90. The van der Waals surface area contributed by atoms with Crippen molar-refractivity contribution in [3.05, 3.63) is 24.7 Å². The second kappa shape index (κ2) is 8.15. The summed E-state index contributed by atoms with van der Waals surface area (Å²) >= 11 is 0. The van der Waals surface area contributed by atoms with Crippen LogP contribution in [-0.4, -0.2) is 80.3 Å². The third kappa shape index (κ3) is 4.60. The number of aromatic nitrogens is 2. The van der Waals surface area contributed by atoms with Crippen LogP contribution in [0.15, 0.2) is 24.7 Å². The van der Waals surface area contributed by atoms with Gasteiger partial charge >= 0.3 is 0 Å². The molecular weight excluding hydrogens is 356 g/mol. The number of piperazine rings is 1. The molecule has 0 aliphatic carbocycles. The average Bonchev–Trinajstić information content (AvgIpc) is 2.64. The Bertz CT molecular complexity index is 851. The van der Waals surface area contributed by atoms with Crippen LogP contribution in [0.5, 0.6) is 11.5 Å². The Morgan fingerprint density at radius 2 is 1.92 bits per heavy atom. The van der Waals surface area contributed by atoms with E-state index in [-0.39, 0.29) is 0 Å². The molecule has 0 bridgehead atoms. The monoisotopic (exact) mass is 380 g/mol. The minimum Gasteiger partial charge on any atom is -0.493 e. The van der Waals surface area contributed by atoms with E-state index in [1.165, 1.54) is 16.9 Å². The lowest BCUT2D eigenvalue weighted by molar-refractivity contribution is 0.174. The molecule has 0 atom stereocenters. The number of hydrogen-bond donors (Lipinski definition) is 0. The minimum atomic E-state index is -3.08. The van der Waals surface area contributed by atoms with Gasteiger partial charge in [-0.3, -0.25) is 0 Å². The van der Waals surface area contributed by atoms with Crippen LogP contribution >= 0.6 is 0 Å². The normalized spacial score (nSPS) is 16.7. The predicted octanol–water partition coefficient (Wildman–Crippen LogP) is 0.985. The molecule has 0 saturated carbocycles. The van der Waals surface area contributed by atoms with Gasteiger partial charge in [0.2, 0.25) is 10.0 Å². The molecular formula is C17H24N4O4S. The van der Waals surface area contributed by atoms with E-state index >= 15 is 0 Å². The molecule has 2 heterocycles. The second-order valence-electron chi connectivity index (χ2n) is 6.29. The van der Waals surface area contributed by atoms with E-state index in [9.17, 15) is 8.42 Å². The highest BCUT2D eigenvalue weighted by molar-refractivity contribution is 7.88. The maximum absolute atomic E-state index is 11.5. The minimum absolute atomic E-state index is 0.554. The van der Waals surface area contributed by atoms with Gasteiger partial charge in [-0.2, -0.15) is 4.31 Å². The lowest BCUT2D eigenvalue weighted by Crippen LogP contribution is -2.48. The van der Waals surface area contributed by atoms with Crippen molar-refractivity contribution in [2.24, 2.45) is 0 Å². The number of benzene rings is 1. The van der Waals surface area contributed by atoms with Crippen molar-refractivity contribution < 1.29 is 17.9 Å². The lowest BCUT2D eigenvalue weighted by atomic mass is 10.2. The molecule has 9 heteroatoms. The summed E-state index contributed by atoms with van der Waals surface area (Å²) in [6.07, 6.45) is 5.37. The molecule has 0 N–H and O–H groups in total. The standard InChI is InChI=1S/C17H24N4O4S/c1-24-16-11-15-14(12-18-13-19-15)10-17(16)25-9-3-4-20-5-7-21(8-6-20)26(2,22)23/h10-13H,3-9H2,1-2H3. The second-order valence-corrected chi connectivity index (χ2v) is 8.27. The van der Waals surface area contributed by atoms with Gasteiger partial charge < -0.3 is 14.4 Å². The number of nitrogens with zero attached hydrogens (tertiary/aromatic N) is 4. The summed E-state index contributed by atoms with van der Waals surface area (Å²) in [5, 5.41) is 0.903. The molecule has 142 valence electrons. The fourth-order valence-corrected chi connectivity index (χ4v) is 3.84. The Hall–Kier alpha value is -1.97. The fraction of sp³-hybridized carbons (Fsp3) is 0.529. The van der Waals surface area contributed by atoms with E-state index in [1.54, 1.807) is 13.3 Å². The Labute approximate surface area is 153 Å². The maximum Gasteiger partial charge on any atom is 0.211 e. The van der Waals surface area contributed by atoms with Crippen molar-refractivity contribution in [3.8, 4) is 11.5 Å². The highest BCUT2D eigenvalue weighted by atomic mass is 32.2. The SMILES string of the molecule is COc1cc2ncncc2cc1OCCCN1CCN(S(C)(=O)=O)CC1. The first-order valence-electron chi connectivity index (χ1n) is 8.55. The van der Waals surface area contributed by atoms with E-state index in [2.05, 4.69) is 14.9 Å². The smallest absolute Gasteiger partial charge is 0.211 e. The van der Waals surface area contributed by atoms with Crippen molar-refractivity contribution >= 4 is 20.9 Å². The van der Waals surface area contributed by atoms with Gasteiger partial charge in [-0.25, -0.2) is 18.4 Å². The quantitative estimate of drug-likeness (QED) is 0.662. The summed E-state index contributed by atoms with van der Waals surface area (Å²) in [4.78, 5) is 10.5. The summed E-state index contributed by atoms with van der Waals surface area (Å²) < 4.78 is 35.9. The van der Waals surface area contributed by atoms with Crippen LogP contribution < -0.4 is 9.47 Å². The van der Waals surface area contributed by atoms with E-state index < -0.39 is 10.0 Å². The fourth-order valence-electron chi connectivity index (χ4n) is 3.02. The molecule has 0 radical (unpaired) electrons. The summed E-state index contributed by atoms with van der Waals surface area (Å²) in [7, 11) is -1.47. The van der Waals surface area contributed by atoms with E-state index in [0.717, 1.165) is 37.0 Å². The third-order valence-corrected chi connectivity index (χ3v) is 5.77. The predicted molar refractivity (Wildman–Crippen MR) is 99.1 cm³/mol. The van der Waals surface area contributed by atoms with Crippen LogP contribution in [0.2, 0.25) is 0 Å². The number of fused-ring (bicyclic) bond motifs is 1. The van der Waals surface area contributed by atoms with Crippen LogP contribution in [0.1, 0.15) is 6.42 Å². The van der Waals surface area contributed by atoms with Crippen LogP contribution in [0.25, 0.3) is 10.9 Å². The summed E-state index contributed by atoms with van der Waals surface area (Å²) in [5.74, 6) is 1.33. The summed E-state index contributed by atoms with van der Waals surface area (Å²) in [6, 6.07) is 3.73. The summed E-state index contributed by atoms with van der Waals surface area (Å²) in [5.41, 5.74) is 0.813. The van der Waals surface area contributed by atoms with Gasteiger partial charge in [-0.15, -0.1) is 0 Å². The Balaban J connectivity index is 1.49. The largest absolute Gasteiger partial charge is 0.493 e. The van der Waals surface area contributed by atoms with E-state index in [1.807, 2.05) is 12.1 Å². The van der Waals surface area contributed by atoms with E-state index in [0.29, 0.717) is 31.2 Å². The molecule has 0 amide bonds. The molecule has 26 heavy (non-hydrogen) atoms. The third-order valence-electron chi connectivity index (χ3n) is 4.47. The van der Waals surface area contributed by atoms with Crippen molar-refractivity contribution in [2.75, 3.05) is 52.7 Å². The molecule has 0 unspecified atom stereocenters. The Morgan fingerprint density at radius 1 is 1.15 bits per heavy atom. The zero-order valence-corrected chi connectivity index (χ0v) is 15.9. The van der Waals surface area contributed by atoms with Gasteiger partial charge in [0, 0.05) is 50.4 Å². The van der Waals surface area contributed by atoms with Crippen LogP contribution in [0.4, 0.5) is 0 Å². The number of methoxy groups -OCH3 is 1. The van der Waals surface area contributed by atoms with Crippen LogP contribution in [0.3, 0.4) is 0 Å². The molecule has 1 saturated heterocycles. The van der Waals surface area contributed by atoms with Gasteiger partial charge in [-0.05, 0) is 12.5 Å². The first kappa shape index (κ1) is 18.8. The van der Waals surface area contributed by atoms with Crippen LogP contribution in [-0.2, 0) is 10.0 Å².